The molecule has 0 aromatic heterocycles. The van der Waals surface area contributed by atoms with Crippen molar-refractivity contribution in [2.75, 3.05) is 30.6 Å². The second-order valence-corrected chi connectivity index (χ2v) is 12.2. The highest BCUT2D eigenvalue weighted by Crippen LogP contribution is 2.35. The molecule has 0 spiro atoms. The van der Waals surface area contributed by atoms with Crippen LogP contribution in [0.5, 0.6) is 0 Å². The first-order chi connectivity index (χ1) is 18.5. The summed E-state index contributed by atoms with van der Waals surface area (Å²) >= 11 is 12.2. The second kappa shape index (κ2) is 12.4. The Balaban J connectivity index is 1.39. The van der Waals surface area contributed by atoms with E-state index in [9.17, 15) is 18.0 Å². The summed E-state index contributed by atoms with van der Waals surface area (Å²) in [6.45, 7) is 2.75. The first kappa shape index (κ1) is 28.9. The molecule has 4 rings (SSSR count). The number of halogens is 2. The molecule has 1 saturated heterocycles. The summed E-state index contributed by atoms with van der Waals surface area (Å²) in [7, 11) is -2.19. The average Bonchev–Trinajstić information content (AvgIpc) is 2.88. The maximum Gasteiger partial charge on any atom is 0.251 e. The van der Waals surface area contributed by atoms with Gasteiger partial charge in [0, 0.05) is 47.4 Å². The molecular weight excluding hydrogens is 559 g/mol. The molecule has 1 atom stereocenters. The number of carbonyl (C=O) groups excluding carboxylic acids is 2. The van der Waals surface area contributed by atoms with E-state index in [-0.39, 0.29) is 34.9 Å². The summed E-state index contributed by atoms with van der Waals surface area (Å²) in [4.78, 5) is 26.4. The van der Waals surface area contributed by atoms with Crippen LogP contribution in [0.4, 0.5) is 5.69 Å². The number of hydrogen-bond donors (Lipinski definition) is 3. The number of nitrogens with zero attached hydrogens (tertiary/aromatic N) is 1. The molecule has 11 heteroatoms. The van der Waals surface area contributed by atoms with E-state index in [1.807, 2.05) is 48.5 Å². The van der Waals surface area contributed by atoms with Crippen LogP contribution in [-0.2, 0) is 14.8 Å². The maximum atomic E-state index is 13.0. The van der Waals surface area contributed by atoms with Gasteiger partial charge >= 0.3 is 0 Å². The molecular formula is C28H30Cl2N4O4S. The van der Waals surface area contributed by atoms with Crippen LogP contribution >= 0.6 is 23.2 Å². The smallest absolute Gasteiger partial charge is 0.251 e. The third kappa shape index (κ3) is 7.51. The van der Waals surface area contributed by atoms with Crippen molar-refractivity contribution in [3.63, 3.8) is 0 Å². The Morgan fingerprint density at radius 2 is 1.51 bits per heavy atom. The van der Waals surface area contributed by atoms with Gasteiger partial charge in [0.1, 0.15) is 6.04 Å². The number of anilines is 1. The second-order valence-electron chi connectivity index (χ2n) is 9.60. The SMILES string of the molecule is CNC(=O)C(C)NC(=O)c1cccc(NS(=O)(=O)CC2CN(C(c3ccc(Cl)cc3)c3ccc(Cl)cc3)C2)c1. The lowest BCUT2D eigenvalue weighted by molar-refractivity contribution is -0.122. The van der Waals surface area contributed by atoms with Gasteiger partial charge in [-0.05, 0) is 60.5 Å². The number of rotatable bonds is 10. The van der Waals surface area contributed by atoms with Crippen molar-refractivity contribution in [3.05, 3.63) is 99.5 Å². The molecule has 1 fully saturated rings. The van der Waals surface area contributed by atoms with Crippen LogP contribution in [0.2, 0.25) is 10.0 Å². The number of benzene rings is 3. The van der Waals surface area contributed by atoms with E-state index in [1.54, 1.807) is 25.1 Å². The standard InChI is InChI=1S/C28H30Cl2N4O4S/c1-18(27(35)31-2)32-28(36)22-4-3-5-25(14-22)33-39(37,38)17-19-15-34(16-19)26(20-6-10-23(29)11-7-20)21-8-12-24(30)13-9-21/h3-14,18-19,26,33H,15-17H2,1-2H3,(H,31,35)(H,32,36). The minimum absolute atomic E-state index is 0.0540. The molecule has 0 aliphatic carbocycles. The monoisotopic (exact) mass is 588 g/mol. The predicted molar refractivity (Wildman–Crippen MR) is 155 cm³/mol. The first-order valence-electron chi connectivity index (χ1n) is 12.4. The Bertz CT molecular complexity index is 1380. The summed E-state index contributed by atoms with van der Waals surface area (Å²) in [5.41, 5.74) is 2.64. The van der Waals surface area contributed by atoms with Crippen LogP contribution < -0.4 is 15.4 Å². The first-order valence-corrected chi connectivity index (χ1v) is 14.8. The lowest BCUT2D eigenvalue weighted by Gasteiger charge is -2.44. The Labute approximate surface area is 238 Å². The molecule has 39 heavy (non-hydrogen) atoms. The van der Waals surface area contributed by atoms with Gasteiger partial charge in [-0.25, -0.2) is 8.42 Å². The summed E-state index contributed by atoms with van der Waals surface area (Å²) in [5, 5.41) is 6.35. The van der Waals surface area contributed by atoms with Gasteiger partial charge in [-0.3, -0.25) is 19.2 Å². The van der Waals surface area contributed by atoms with Crippen molar-refractivity contribution in [1.29, 1.82) is 0 Å². The average molecular weight is 590 g/mol. The van der Waals surface area contributed by atoms with Gasteiger partial charge in [0.15, 0.2) is 0 Å². The molecule has 1 heterocycles. The number of sulfonamides is 1. The van der Waals surface area contributed by atoms with Crippen molar-refractivity contribution in [1.82, 2.24) is 15.5 Å². The summed E-state index contributed by atoms with van der Waals surface area (Å²) in [5.74, 6) is -0.924. The summed E-state index contributed by atoms with van der Waals surface area (Å²) in [6, 6.07) is 20.7. The number of nitrogens with one attached hydrogen (secondary N) is 3. The van der Waals surface area contributed by atoms with E-state index < -0.39 is 22.0 Å². The maximum absolute atomic E-state index is 13.0. The molecule has 0 saturated carbocycles. The van der Waals surface area contributed by atoms with Gasteiger partial charge in [-0.15, -0.1) is 0 Å². The fourth-order valence-electron chi connectivity index (χ4n) is 4.65. The highest BCUT2D eigenvalue weighted by Gasteiger charge is 2.36. The zero-order valence-corrected chi connectivity index (χ0v) is 23.9. The molecule has 8 nitrogen and oxygen atoms in total. The fraction of sp³-hybridized carbons (Fsp3) is 0.286. The van der Waals surface area contributed by atoms with E-state index in [1.165, 1.54) is 13.1 Å². The highest BCUT2D eigenvalue weighted by molar-refractivity contribution is 7.92. The minimum atomic E-state index is -3.67. The van der Waals surface area contributed by atoms with Crippen LogP contribution in [0.15, 0.2) is 72.8 Å². The Hall–Kier alpha value is -3.11. The number of amides is 2. The molecule has 2 amide bonds. The quantitative estimate of drug-likeness (QED) is 0.327. The molecule has 3 N–H and O–H groups in total. The van der Waals surface area contributed by atoms with E-state index in [4.69, 9.17) is 23.2 Å². The predicted octanol–water partition coefficient (Wildman–Crippen LogP) is 4.32. The Morgan fingerprint density at radius 1 is 0.949 bits per heavy atom. The van der Waals surface area contributed by atoms with Crippen LogP contribution in [0, 0.1) is 5.92 Å². The molecule has 0 radical (unpaired) electrons. The third-order valence-electron chi connectivity index (χ3n) is 6.56. The van der Waals surface area contributed by atoms with Gasteiger partial charge in [0.05, 0.1) is 11.8 Å². The fourth-order valence-corrected chi connectivity index (χ4v) is 6.30. The van der Waals surface area contributed by atoms with Gasteiger partial charge in [-0.1, -0.05) is 53.5 Å². The minimum Gasteiger partial charge on any atom is -0.357 e. The van der Waals surface area contributed by atoms with Crippen LogP contribution in [0.3, 0.4) is 0 Å². The number of carbonyl (C=O) groups is 2. The molecule has 1 unspecified atom stereocenters. The van der Waals surface area contributed by atoms with Crippen molar-refractivity contribution in [2.45, 2.75) is 19.0 Å². The molecule has 206 valence electrons. The van der Waals surface area contributed by atoms with E-state index in [0.717, 1.165) is 11.1 Å². The van der Waals surface area contributed by atoms with Crippen molar-refractivity contribution >= 4 is 50.7 Å². The molecule has 3 aromatic rings. The van der Waals surface area contributed by atoms with Crippen molar-refractivity contribution in [3.8, 4) is 0 Å². The zero-order chi connectivity index (χ0) is 28.2. The molecule has 0 bridgehead atoms. The van der Waals surface area contributed by atoms with Crippen LogP contribution in [0.1, 0.15) is 34.5 Å². The van der Waals surface area contributed by atoms with E-state index in [2.05, 4.69) is 20.3 Å². The van der Waals surface area contributed by atoms with Crippen LogP contribution in [0.25, 0.3) is 0 Å². The number of hydrogen-bond acceptors (Lipinski definition) is 5. The topological polar surface area (TPSA) is 108 Å². The van der Waals surface area contributed by atoms with Gasteiger partial charge < -0.3 is 10.6 Å². The molecule has 3 aromatic carbocycles. The molecule has 1 aliphatic rings. The largest absolute Gasteiger partial charge is 0.357 e. The Morgan fingerprint density at radius 3 is 2.05 bits per heavy atom. The number of likely N-dealkylation sites (N-methyl/N-ethyl adjacent to an activating group) is 1. The lowest BCUT2D eigenvalue weighted by Crippen LogP contribution is -2.51. The Kier molecular flexibility index (Phi) is 9.17. The zero-order valence-electron chi connectivity index (χ0n) is 21.5. The normalized spacial score (nSPS) is 14.9. The summed E-state index contributed by atoms with van der Waals surface area (Å²) in [6.07, 6.45) is 0. The highest BCUT2D eigenvalue weighted by atomic mass is 35.5. The van der Waals surface area contributed by atoms with E-state index in [0.29, 0.717) is 23.1 Å². The lowest BCUT2D eigenvalue weighted by atomic mass is 9.91. The number of likely N-dealkylation sites (tertiary alicyclic amines) is 1. The van der Waals surface area contributed by atoms with Crippen LogP contribution in [-0.4, -0.2) is 57.1 Å². The van der Waals surface area contributed by atoms with Gasteiger partial charge in [-0.2, -0.15) is 0 Å². The van der Waals surface area contributed by atoms with Crippen molar-refractivity contribution < 1.29 is 18.0 Å². The third-order valence-corrected chi connectivity index (χ3v) is 8.52. The van der Waals surface area contributed by atoms with Gasteiger partial charge in [0.2, 0.25) is 15.9 Å². The molecule has 1 aliphatic heterocycles. The van der Waals surface area contributed by atoms with Gasteiger partial charge in [0.25, 0.3) is 5.91 Å². The van der Waals surface area contributed by atoms with Crippen molar-refractivity contribution in [2.24, 2.45) is 5.92 Å². The van der Waals surface area contributed by atoms with E-state index >= 15 is 0 Å². The summed E-state index contributed by atoms with van der Waals surface area (Å²) < 4.78 is 28.5.